The molecule has 1 N–H and O–H groups in total. The van der Waals surface area contributed by atoms with Gasteiger partial charge in [0.15, 0.2) is 16.7 Å². The maximum absolute atomic E-state index is 13.3. The molecule has 7 nitrogen and oxygen atoms in total. The van der Waals surface area contributed by atoms with Crippen LogP contribution in [-0.2, 0) is 22.3 Å². The number of benzene rings is 3. The van der Waals surface area contributed by atoms with E-state index in [4.69, 9.17) is 9.47 Å². The number of nitrogens with zero attached hydrogens (tertiary/aromatic N) is 2. The van der Waals surface area contributed by atoms with E-state index in [2.05, 4.69) is 10.3 Å². The summed E-state index contributed by atoms with van der Waals surface area (Å²) in [5.41, 5.74) is 0.0996. The van der Waals surface area contributed by atoms with E-state index in [-0.39, 0.29) is 30.6 Å². The van der Waals surface area contributed by atoms with Crippen molar-refractivity contribution in [3.05, 3.63) is 83.7 Å². The Balaban J connectivity index is 1.44. The summed E-state index contributed by atoms with van der Waals surface area (Å²) in [6.07, 6.45) is -4.75. The molecule has 2 aliphatic rings. The van der Waals surface area contributed by atoms with Crippen molar-refractivity contribution in [2.45, 2.75) is 24.4 Å². The molecule has 0 spiro atoms. The molecule has 1 atom stereocenters. The molecule has 38 heavy (non-hydrogen) atoms. The topological polar surface area (TPSA) is 80.2 Å². The average Bonchev–Trinajstić information content (AvgIpc) is 3.35. The zero-order valence-corrected chi connectivity index (χ0v) is 20.3. The van der Waals surface area contributed by atoms with Crippen LogP contribution < -0.4 is 14.8 Å². The van der Waals surface area contributed by atoms with E-state index in [1.54, 1.807) is 18.2 Å². The van der Waals surface area contributed by atoms with E-state index in [0.29, 0.717) is 22.7 Å². The summed E-state index contributed by atoms with van der Waals surface area (Å²) >= 11 is 0.959. The van der Waals surface area contributed by atoms with E-state index < -0.39 is 34.6 Å². The first-order valence-corrected chi connectivity index (χ1v) is 12.2. The lowest BCUT2D eigenvalue weighted by Crippen LogP contribution is -2.44. The molecule has 0 aliphatic carbocycles. The summed E-state index contributed by atoms with van der Waals surface area (Å²) in [6, 6.07) is 14.7. The summed E-state index contributed by atoms with van der Waals surface area (Å²) in [7, 11) is 0. The van der Waals surface area contributed by atoms with E-state index >= 15 is 0 Å². The van der Waals surface area contributed by atoms with Crippen molar-refractivity contribution in [1.82, 2.24) is 4.90 Å². The Kier molecular flexibility index (Phi) is 6.98. The molecule has 5 rings (SSSR count). The van der Waals surface area contributed by atoms with E-state index in [0.717, 1.165) is 23.9 Å². The molecule has 0 bridgehead atoms. The first-order chi connectivity index (χ1) is 18.2. The second-order valence-corrected chi connectivity index (χ2v) is 9.59. The molecule has 1 fully saturated rings. The Labute approximate surface area is 218 Å². The van der Waals surface area contributed by atoms with E-state index in [9.17, 15) is 27.2 Å². The number of amides is 2. The lowest BCUT2D eigenvalue weighted by Gasteiger charge is -2.32. The highest BCUT2D eigenvalue weighted by Crippen LogP contribution is 2.36. The third-order valence-corrected chi connectivity index (χ3v) is 6.91. The molecule has 3 aromatic carbocycles. The molecule has 2 heterocycles. The van der Waals surface area contributed by atoms with Crippen LogP contribution in [0, 0.1) is 5.82 Å². The number of anilines is 1. The number of hydrogen-bond acceptors (Lipinski definition) is 6. The normalized spacial score (nSPS) is 18.1. The van der Waals surface area contributed by atoms with Crippen molar-refractivity contribution in [3.63, 3.8) is 0 Å². The highest BCUT2D eigenvalue weighted by atomic mass is 32.2. The largest absolute Gasteiger partial charge is 0.454 e. The van der Waals surface area contributed by atoms with E-state index in [1.165, 1.54) is 41.3 Å². The molecule has 0 unspecified atom stereocenters. The summed E-state index contributed by atoms with van der Waals surface area (Å²) < 4.78 is 63.7. The fourth-order valence-electron chi connectivity index (χ4n) is 3.84. The van der Waals surface area contributed by atoms with Crippen LogP contribution in [0.25, 0.3) is 0 Å². The van der Waals surface area contributed by atoms with Gasteiger partial charge in [0, 0.05) is 12.1 Å². The molecule has 1 saturated heterocycles. The Morgan fingerprint density at radius 3 is 2.58 bits per heavy atom. The molecule has 2 amide bonds. The number of nitrogens with one attached hydrogen (secondary N) is 1. The van der Waals surface area contributed by atoms with Crippen LogP contribution in [0.1, 0.15) is 17.5 Å². The Morgan fingerprint density at radius 1 is 1.05 bits per heavy atom. The highest BCUT2D eigenvalue weighted by molar-refractivity contribution is 8.15. The van der Waals surface area contributed by atoms with Crippen molar-refractivity contribution < 1.29 is 36.6 Å². The van der Waals surface area contributed by atoms with Crippen LogP contribution >= 0.6 is 11.8 Å². The fraction of sp³-hybridized carbons (Fsp3) is 0.192. The monoisotopic (exact) mass is 545 g/mol. The number of thioether (sulfide) groups is 1. The standard InChI is InChI=1S/C26H19F4N3O4S/c27-17-5-7-18(8-6-17)31-24(35)22-12-23(34)33(13-15-4-9-20-21(10-15)37-14-36-20)25(38-22)32-19-3-1-2-16(11-19)26(28,29)30/h1-11,22H,12-14H2,(H,31,35)/t22-/m0/s1. The molecule has 3 aromatic rings. The molecular weight excluding hydrogens is 526 g/mol. The summed E-state index contributed by atoms with van der Waals surface area (Å²) in [5.74, 6) is -0.364. The van der Waals surface area contributed by atoms with Crippen LogP contribution in [0.5, 0.6) is 11.5 Å². The summed E-state index contributed by atoms with van der Waals surface area (Å²) in [4.78, 5) is 31.8. The van der Waals surface area contributed by atoms with Gasteiger partial charge in [-0.05, 0) is 60.2 Å². The SMILES string of the molecule is O=C(Nc1ccc(F)cc1)[C@@H]1CC(=O)N(Cc2ccc3c(c2)OCO3)C(=Nc2cccc(C(F)(F)F)c2)S1. The van der Waals surface area contributed by atoms with Gasteiger partial charge in [0.2, 0.25) is 18.6 Å². The lowest BCUT2D eigenvalue weighted by molar-refractivity contribution is -0.137. The van der Waals surface area contributed by atoms with Crippen molar-refractivity contribution in [3.8, 4) is 11.5 Å². The third-order valence-electron chi connectivity index (χ3n) is 5.72. The van der Waals surface area contributed by atoms with Gasteiger partial charge < -0.3 is 14.8 Å². The molecule has 0 radical (unpaired) electrons. The molecule has 2 aliphatic heterocycles. The summed E-state index contributed by atoms with van der Waals surface area (Å²) in [6.45, 7) is 0.122. The van der Waals surface area contributed by atoms with Gasteiger partial charge >= 0.3 is 6.18 Å². The van der Waals surface area contributed by atoms with E-state index in [1.807, 2.05) is 0 Å². The number of carbonyl (C=O) groups excluding carboxylic acids is 2. The minimum absolute atomic E-state index is 0.0228. The molecule has 196 valence electrons. The van der Waals surface area contributed by atoms with Gasteiger partial charge in [-0.1, -0.05) is 23.9 Å². The second-order valence-electron chi connectivity index (χ2n) is 8.42. The van der Waals surface area contributed by atoms with Crippen molar-refractivity contribution in [1.29, 1.82) is 0 Å². The van der Waals surface area contributed by atoms with Crippen molar-refractivity contribution >= 4 is 40.1 Å². The predicted molar refractivity (Wildman–Crippen MR) is 133 cm³/mol. The number of hydrogen-bond donors (Lipinski definition) is 1. The highest BCUT2D eigenvalue weighted by Gasteiger charge is 2.36. The molecule has 0 saturated carbocycles. The van der Waals surface area contributed by atoms with Gasteiger partial charge in [0.05, 0.1) is 17.8 Å². The van der Waals surface area contributed by atoms with Crippen LogP contribution in [0.3, 0.4) is 0 Å². The van der Waals surface area contributed by atoms with Crippen LogP contribution in [0.2, 0.25) is 0 Å². The number of rotatable bonds is 5. The van der Waals surface area contributed by atoms with Crippen molar-refractivity contribution in [2.75, 3.05) is 12.1 Å². The summed E-state index contributed by atoms with van der Waals surface area (Å²) in [5, 5.41) is 1.79. The van der Waals surface area contributed by atoms with Crippen LogP contribution in [0.4, 0.5) is 28.9 Å². The second kappa shape index (κ2) is 10.4. The zero-order chi connectivity index (χ0) is 26.9. The molecular formula is C26H19F4N3O4S. The van der Waals surface area contributed by atoms with Crippen molar-refractivity contribution in [2.24, 2.45) is 4.99 Å². The molecule has 12 heteroatoms. The number of aliphatic imine (C=N–C) groups is 1. The number of ether oxygens (including phenoxy) is 2. The Morgan fingerprint density at radius 2 is 1.82 bits per heavy atom. The van der Waals surface area contributed by atoms with Gasteiger partial charge in [-0.25, -0.2) is 9.38 Å². The molecule has 0 aromatic heterocycles. The van der Waals surface area contributed by atoms with Crippen LogP contribution in [-0.4, -0.2) is 33.9 Å². The first kappa shape index (κ1) is 25.6. The number of halogens is 4. The van der Waals surface area contributed by atoms with Gasteiger partial charge in [0.25, 0.3) is 0 Å². The lowest BCUT2D eigenvalue weighted by atomic mass is 10.1. The van der Waals surface area contributed by atoms with Gasteiger partial charge in [-0.2, -0.15) is 13.2 Å². The predicted octanol–water partition coefficient (Wildman–Crippen LogP) is 5.73. The first-order valence-electron chi connectivity index (χ1n) is 11.3. The Bertz CT molecular complexity index is 1410. The van der Waals surface area contributed by atoms with Gasteiger partial charge in [-0.15, -0.1) is 0 Å². The number of carbonyl (C=O) groups is 2. The minimum atomic E-state index is -4.57. The quantitative estimate of drug-likeness (QED) is 0.414. The minimum Gasteiger partial charge on any atom is -0.454 e. The van der Waals surface area contributed by atoms with Gasteiger partial charge in [-0.3, -0.25) is 14.5 Å². The third kappa shape index (κ3) is 5.75. The fourth-order valence-corrected chi connectivity index (χ4v) is 4.93. The maximum Gasteiger partial charge on any atom is 0.416 e. The smallest absolute Gasteiger partial charge is 0.416 e. The number of alkyl halides is 3. The zero-order valence-electron chi connectivity index (χ0n) is 19.5. The number of amidine groups is 1. The van der Waals surface area contributed by atoms with Gasteiger partial charge in [0.1, 0.15) is 11.1 Å². The maximum atomic E-state index is 13.3. The Hall–Kier alpha value is -4.06. The average molecular weight is 546 g/mol. The number of fused-ring (bicyclic) bond motifs is 1. The van der Waals surface area contributed by atoms with Crippen LogP contribution in [0.15, 0.2) is 71.7 Å².